The quantitative estimate of drug-likeness (QED) is 0.874. The molecule has 0 bridgehead atoms. The number of halogens is 3. The first-order valence-electron chi connectivity index (χ1n) is 5.18. The molecule has 0 saturated carbocycles. The van der Waals surface area contributed by atoms with E-state index in [0.29, 0.717) is 5.69 Å². The van der Waals surface area contributed by atoms with Crippen molar-refractivity contribution in [2.24, 2.45) is 5.41 Å². The van der Waals surface area contributed by atoms with Crippen LogP contribution in [0.3, 0.4) is 0 Å². The molecule has 0 saturated heterocycles. The summed E-state index contributed by atoms with van der Waals surface area (Å²) in [5.74, 6) is 0. The van der Waals surface area contributed by atoms with Crippen molar-refractivity contribution in [3.05, 3.63) is 23.5 Å². The molecule has 0 fully saturated rings. The number of nitrogens with zero attached hydrogens (tertiary/aromatic N) is 2. The molecule has 1 unspecified atom stereocenters. The zero-order valence-electron chi connectivity index (χ0n) is 9.91. The zero-order chi connectivity index (χ0) is 13.3. The van der Waals surface area contributed by atoms with Crippen LogP contribution in [0.1, 0.15) is 32.2 Å². The van der Waals surface area contributed by atoms with Gasteiger partial charge in [-0.3, -0.25) is 0 Å². The molecule has 1 aromatic rings. The maximum Gasteiger partial charge on any atom is 0.435 e. The van der Waals surface area contributed by atoms with Crippen molar-refractivity contribution in [1.82, 2.24) is 10.2 Å². The molecule has 0 amide bonds. The minimum Gasteiger partial charge on any atom is -0.392 e. The molecule has 1 aromatic heterocycles. The summed E-state index contributed by atoms with van der Waals surface area (Å²) >= 11 is 0. The fraction of sp³-hybridized carbons (Fsp3) is 0.636. The molecule has 3 nitrogen and oxygen atoms in total. The number of aliphatic hydroxyl groups excluding tert-OH is 1. The monoisotopic (exact) mass is 248 g/mol. The van der Waals surface area contributed by atoms with Gasteiger partial charge < -0.3 is 5.11 Å². The van der Waals surface area contributed by atoms with E-state index in [1.54, 1.807) is 0 Å². The van der Waals surface area contributed by atoms with Gasteiger partial charge in [0.05, 0.1) is 11.8 Å². The lowest BCUT2D eigenvalue weighted by atomic mass is 9.86. The predicted octanol–water partition coefficient (Wildman–Crippen LogP) is 2.44. The first-order valence-corrected chi connectivity index (χ1v) is 5.18. The third-order valence-corrected chi connectivity index (χ3v) is 2.41. The Labute approximate surface area is 97.7 Å². The highest BCUT2D eigenvalue weighted by atomic mass is 19.4. The molecule has 0 aliphatic carbocycles. The second-order valence-electron chi connectivity index (χ2n) is 4.99. The SMILES string of the molecule is CC(C)(C)C(O)Cc1ccc(C(F)(F)F)nn1. The summed E-state index contributed by atoms with van der Waals surface area (Å²) in [6.07, 6.45) is -4.96. The highest BCUT2D eigenvalue weighted by Gasteiger charge is 2.33. The predicted molar refractivity (Wildman–Crippen MR) is 56.2 cm³/mol. The van der Waals surface area contributed by atoms with Crippen LogP contribution < -0.4 is 0 Å². The Morgan fingerprint density at radius 3 is 2.12 bits per heavy atom. The van der Waals surface area contributed by atoms with Gasteiger partial charge in [-0.2, -0.15) is 18.3 Å². The summed E-state index contributed by atoms with van der Waals surface area (Å²) in [6.45, 7) is 5.53. The molecule has 1 N–H and O–H groups in total. The van der Waals surface area contributed by atoms with E-state index in [1.165, 1.54) is 6.07 Å². The van der Waals surface area contributed by atoms with E-state index in [4.69, 9.17) is 0 Å². The van der Waals surface area contributed by atoms with E-state index < -0.39 is 18.0 Å². The summed E-state index contributed by atoms with van der Waals surface area (Å²) < 4.78 is 36.7. The smallest absolute Gasteiger partial charge is 0.392 e. The van der Waals surface area contributed by atoms with Crippen LogP contribution in [0.5, 0.6) is 0 Å². The van der Waals surface area contributed by atoms with Gasteiger partial charge in [0.25, 0.3) is 0 Å². The van der Waals surface area contributed by atoms with Crippen LogP contribution in [0.2, 0.25) is 0 Å². The highest BCUT2D eigenvalue weighted by Crippen LogP contribution is 2.27. The fourth-order valence-corrected chi connectivity index (χ4v) is 1.12. The Morgan fingerprint density at radius 1 is 1.18 bits per heavy atom. The van der Waals surface area contributed by atoms with Gasteiger partial charge in [-0.05, 0) is 17.5 Å². The van der Waals surface area contributed by atoms with Gasteiger partial charge in [-0.25, -0.2) is 0 Å². The van der Waals surface area contributed by atoms with E-state index >= 15 is 0 Å². The van der Waals surface area contributed by atoms with Crippen molar-refractivity contribution in [3.63, 3.8) is 0 Å². The zero-order valence-corrected chi connectivity index (χ0v) is 9.91. The second-order valence-corrected chi connectivity index (χ2v) is 4.99. The molecule has 1 heterocycles. The number of aliphatic hydroxyl groups is 1. The summed E-state index contributed by atoms with van der Waals surface area (Å²) in [5, 5.41) is 16.3. The largest absolute Gasteiger partial charge is 0.435 e. The van der Waals surface area contributed by atoms with Gasteiger partial charge in [0.2, 0.25) is 0 Å². The first kappa shape index (κ1) is 13.9. The molecular formula is C11H15F3N2O. The van der Waals surface area contributed by atoms with Gasteiger partial charge in [0, 0.05) is 6.42 Å². The molecule has 0 aliphatic rings. The molecule has 0 spiro atoms. The molecule has 17 heavy (non-hydrogen) atoms. The molecule has 96 valence electrons. The van der Waals surface area contributed by atoms with Gasteiger partial charge in [-0.1, -0.05) is 20.8 Å². The lowest BCUT2D eigenvalue weighted by Gasteiger charge is -2.25. The maximum absolute atomic E-state index is 12.2. The average molecular weight is 248 g/mol. The lowest BCUT2D eigenvalue weighted by Crippen LogP contribution is -2.28. The molecule has 1 rings (SSSR count). The van der Waals surface area contributed by atoms with Gasteiger partial charge in [0.1, 0.15) is 0 Å². The molecule has 1 atom stereocenters. The van der Waals surface area contributed by atoms with E-state index in [2.05, 4.69) is 10.2 Å². The van der Waals surface area contributed by atoms with E-state index in [-0.39, 0.29) is 11.8 Å². The number of hydrogen-bond donors (Lipinski definition) is 1. The van der Waals surface area contributed by atoms with E-state index in [0.717, 1.165) is 6.07 Å². The number of aromatic nitrogens is 2. The third-order valence-electron chi connectivity index (χ3n) is 2.41. The average Bonchev–Trinajstić information content (AvgIpc) is 2.15. The van der Waals surface area contributed by atoms with Crippen molar-refractivity contribution in [2.45, 2.75) is 39.5 Å². The van der Waals surface area contributed by atoms with Crippen LogP contribution in [-0.4, -0.2) is 21.4 Å². The van der Waals surface area contributed by atoms with Gasteiger partial charge in [0.15, 0.2) is 5.69 Å². The van der Waals surface area contributed by atoms with Gasteiger partial charge >= 0.3 is 6.18 Å². The minimum atomic E-state index is -4.48. The van der Waals surface area contributed by atoms with Crippen molar-refractivity contribution in [1.29, 1.82) is 0 Å². The molecular weight excluding hydrogens is 233 g/mol. The van der Waals surface area contributed by atoms with E-state index in [1.807, 2.05) is 20.8 Å². The number of hydrogen-bond acceptors (Lipinski definition) is 3. The van der Waals surface area contributed by atoms with Crippen LogP contribution in [-0.2, 0) is 12.6 Å². The van der Waals surface area contributed by atoms with Crippen molar-refractivity contribution in [3.8, 4) is 0 Å². The lowest BCUT2D eigenvalue weighted by molar-refractivity contribution is -0.141. The Kier molecular flexibility index (Phi) is 3.76. The van der Waals surface area contributed by atoms with E-state index in [9.17, 15) is 18.3 Å². The standard InChI is InChI=1S/C11H15F3N2O/c1-10(2,3)9(17)6-7-4-5-8(16-15-7)11(12,13)14/h4-5,9,17H,6H2,1-3H3. The normalized spacial score (nSPS) is 14.8. The van der Waals surface area contributed by atoms with Crippen LogP contribution in [0.4, 0.5) is 13.2 Å². The van der Waals surface area contributed by atoms with Crippen molar-refractivity contribution in [2.75, 3.05) is 0 Å². The molecule has 0 aromatic carbocycles. The Balaban J connectivity index is 2.76. The number of rotatable bonds is 2. The number of alkyl halides is 3. The first-order chi connectivity index (χ1) is 7.60. The Hall–Kier alpha value is -1.17. The maximum atomic E-state index is 12.2. The molecule has 0 radical (unpaired) electrons. The van der Waals surface area contributed by atoms with Crippen molar-refractivity contribution < 1.29 is 18.3 Å². The minimum absolute atomic E-state index is 0.189. The topological polar surface area (TPSA) is 46.0 Å². The van der Waals surface area contributed by atoms with Crippen LogP contribution >= 0.6 is 0 Å². The molecule has 6 heteroatoms. The summed E-state index contributed by atoms with van der Waals surface area (Å²) in [6, 6.07) is 2.11. The summed E-state index contributed by atoms with van der Waals surface area (Å²) in [4.78, 5) is 0. The van der Waals surface area contributed by atoms with Crippen LogP contribution in [0.25, 0.3) is 0 Å². The highest BCUT2D eigenvalue weighted by molar-refractivity contribution is 5.10. The van der Waals surface area contributed by atoms with Crippen LogP contribution in [0, 0.1) is 5.41 Å². The summed E-state index contributed by atoms with van der Waals surface area (Å²) in [7, 11) is 0. The second kappa shape index (κ2) is 4.60. The Bertz CT molecular complexity index is 368. The fourth-order valence-electron chi connectivity index (χ4n) is 1.12. The summed E-state index contributed by atoms with van der Waals surface area (Å²) in [5.41, 5.74) is -1.02. The molecule has 0 aliphatic heterocycles. The van der Waals surface area contributed by atoms with Crippen LogP contribution in [0.15, 0.2) is 12.1 Å². The van der Waals surface area contributed by atoms with Gasteiger partial charge in [-0.15, -0.1) is 5.10 Å². The van der Waals surface area contributed by atoms with Crippen molar-refractivity contribution >= 4 is 0 Å². The Morgan fingerprint density at radius 2 is 1.76 bits per heavy atom. The third kappa shape index (κ3) is 3.96.